The molecule has 2 N–H and O–H groups in total. The Morgan fingerprint density at radius 1 is 1.08 bits per heavy atom. The monoisotopic (exact) mass is 349 g/mol. The van der Waals surface area contributed by atoms with Gasteiger partial charge in [0.25, 0.3) is 5.91 Å². The van der Waals surface area contributed by atoms with Crippen LogP contribution in [0.4, 0.5) is 5.69 Å². The Bertz CT molecular complexity index is 928. The van der Waals surface area contributed by atoms with Crippen LogP contribution in [0.5, 0.6) is 5.75 Å². The summed E-state index contributed by atoms with van der Waals surface area (Å²) in [5.41, 5.74) is 4.25. The van der Waals surface area contributed by atoms with E-state index in [9.17, 15) is 4.79 Å². The number of nitrogens with one attached hydrogen (secondary N) is 2. The molecule has 0 fully saturated rings. The molecule has 0 radical (unpaired) electrons. The summed E-state index contributed by atoms with van der Waals surface area (Å²) in [7, 11) is 0. The van der Waals surface area contributed by atoms with Crippen molar-refractivity contribution in [1.29, 1.82) is 0 Å². The Hall–Kier alpha value is -3.28. The highest BCUT2D eigenvalue weighted by molar-refractivity contribution is 6.01. The third-order valence-electron chi connectivity index (χ3n) is 4.52. The first-order valence-corrected chi connectivity index (χ1v) is 8.43. The van der Waals surface area contributed by atoms with Crippen molar-refractivity contribution >= 4 is 11.6 Å². The summed E-state index contributed by atoms with van der Waals surface area (Å²) in [6.45, 7) is 4.18. The average Bonchev–Trinajstić information content (AvgIpc) is 2.98. The van der Waals surface area contributed by atoms with Crippen molar-refractivity contribution < 1.29 is 14.1 Å². The molecule has 6 nitrogen and oxygen atoms in total. The summed E-state index contributed by atoms with van der Waals surface area (Å²) in [4.78, 5) is 12.2. The molecule has 0 spiro atoms. The third-order valence-corrected chi connectivity index (χ3v) is 4.52. The predicted octanol–water partition coefficient (Wildman–Crippen LogP) is 3.72. The zero-order valence-corrected chi connectivity index (χ0v) is 14.6. The molecular formula is C20H19N3O3. The second-order valence-electron chi connectivity index (χ2n) is 6.26. The molecule has 2 aromatic carbocycles. The van der Waals surface area contributed by atoms with E-state index in [1.807, 2.05) is 56.3 Å². The highest BCUT2D eigenvalue weighted by atomic mass is 16.5. The van der Waals surface area contributed by atoms with Crippen LogP contribution in [0.15, 0.2) is 53.1 Å². The SMILES string of the molecule is Cc1noc(C)c1COc1ccc(C2NC(=O)c3ccccc3N2)cc1. The van der Waals surface area contributed by atoms with Crippen molar-refractivity contribution in [3.8, 4) is 5.75 Å². The van der Waals surface area contributed by atoms with E-state index in [0.29, 0.717) is 12.2 Å². The van der Waals surface area contributed by atoms with Gasteiger partial charge >= 0.3 is 0 Å². The second-order valence-corrected chi connectivity index (χ2v) is 6.26. The van der Waals surface area contributed by atoms with Gasteiger partial charge in [0.05, 0.1) is 16.8 Å². The zero-order chi connectivity index (χ0) is 18.1. The molecule has 1 aromatic heterocycles. The first-order chi connectivity index (χ1) is 12.6. The molecule has 132 valence electrons. The van der Waals surface area contributed by atoms with Crippen molar-refractivity contribution in [2.45, 2.75) is 26.6 Å². The number of carbonyl (C=O) groups excluding carboxylic acids is 1. The van der Waals surface area contributed by atoms with Crippen LogP contribution in [0, 0.1) is 13.8 Å². The fraction of sp³-hybridized carbons (Fsp3) is 0.200. The molecule has 0 saturated heterocycles. The molecule has 1 unspecified atom stereocenters. The third kappa shape index (κ3) is 3.01. The van der Waals surface area contributed by atoms with E-state index in [-0.39, 0.29) is 12.1 Å². The molecule has 1 aliphatic rings. The largest absolute Gasteiger partial charge is 0.489 e. The minimum Gasteiger partial charge on any atom is -0.489 e. The maximum atomic E-state index is 12.2. The Morgan fingerprint density at radius 2 is 1.85 bits per heavy atom. The normalized spacial score (nSPS) is 15.8. The average molecular weight is 349 g/mol. The van der Waals surface area contributed by atoms with Gasteiger partial charge in [-0.25, -0.2) is 0 Å². The highest BCUT2D eigenvalue weighted by Gasteiger charge is 2.24. The summed E-state index contributed by atoms with van der Waals surface area (Å²) < 4.78 is 11.0. The van der Waals surface area contributed by atoms with Crippen LogP contribution >= 0.6 is 0 Å². The number of amides is 1. The summed E-state index contributed by atoms with van der Waals surface area (Å²) >= 11 is 0. The lowest BCUT2D eigenvalue weighted by atomic mass is 10.1. The van der Waals surface area contributed by atoms with E-state index in [4.69, 9.17) is 9.26 Å². The fourth-order valence-electron chi connectivity index (χ4n) is 2.99. The summed E-state index contributed by atoms with van der Waals surface area (Å²) in [5.74, 6) is 1.44. The molecule has 0 saturated carbocycles. The summed E-state index contributed by atoms with van der Waals surface area (Å²) in [5, 5.41) is 10.2. The number of hydrogen-bond acceptors (Lipinski definition) is 5. The first kappa shape index (κ1) is 16.2. The number of rotatable bonds is 4. The molecule has 4 rings (SSSR count). The van der Waals surface area contributed by atoms with Gasteiger partial charge in [-0.3, -0.25) is 4.79 Å². The Kier molecular flexibility index (Phi) is 4.08. The number of hydrogen-bond donors (Lipinski definition) is 2. The number of carbonyl (C=O) groups is 1. The number of ether oxygens (including phenoxy) is 1. The number of nitrogens with zero attached hydrogens (tertiary/aromatic N) is 1. The zero-order valence-electron chi connectivity index (χ0n) is 14.6. The van der Waals surface area contributed by atoms with Crippen molar-refractivity contribution in [1.82, 2.24) is 10.5 Å². The van der Waals surface area contributed by atoms with Gasteiger partial charge in [0.15, 0.2) is 0 Å². The van der Waals surface area contributed by atoms with E-state index in [0.717, 1.165) is 34.0 Å². The molecule has 26 heavy (non-hydrogen) atoms. The Morgan fingerprint density at radius 3 is 2.58 bits per heavy atom. The molecule has 1 amide bonds. The van der Waals surface area contributed by atoms with Crippen LogP contribution in [0.25, 0.3) is 0 Å². The summed E-state index contributed by atoms with van der Waals surface area (Å²) in [6, 6.07) is 15.1. The minimum absolute atomic E-state index is 0.0805. The van der Waals surface area contributed by atoms with Crippen LogP contribution < -0.4 is 15.4 Å². The Labute approximate surface area is 151 Å². The van der Waals surface area contributed by atoms with E-state index >= 15 is 0 Å². The molecule has 1 atom stereocenters. The van der Waals surface area contributed by atoms with E-state index < -0.39 is 0 Å². The van der Waals surface area contributed by atoms with Gasteiger partial charge in [0.2, 0.25) is 0 Å². The molecule has 3 aromatic rings. The fourth-order valence-corrected chi connectivity index (χ4v) is 2.99. The van der Waals surface area contributed by atoms with Crippen molar-refractivity contribution in [2.75, 3.05) is 5.32 Å². The maximum absolute atomic E-state index is 12.2. The van der Waals surface area contributed by atoms with Crippen molar-refractivity contribution in [3.05, 3.63) is 76.7 Å². The van der Waals surface area contributed by atoms with Crippen LogP contribution in [0.3, 0.4) is 0 Å². The standard InChI is InChI=1S/C20H19N3O3/c1-12-17(13(2)26-23-12)11-25-15-9-7-14(8-10-15)19-21-18-6-4-3-5-16(18)20(24)22-19/h3-10,19,21H,11H2,1-2H3,(H,22,24). The molecule has 0 bridgehead atoms. The number of fused-ring (bicyclic) bond motifs is 1. The second kappa shape index (κ2) is 6.55. The molecule has 2 heterocycles. The van der Waals surface area contributed by atoms with E-state index in [2.05, 4.69) is 15.8 Å². The smallest absolute Gasteiger partial charge is 0.255 e. The van der Waals surface area contributed by atoms with Crippen LogP contribution in [-0.4, -0.2) is 11.1 Å². The van der Waals surface area contributed by atoms with Gasteiger partial charge < -0.3 is 19.9 Å². The minimum atomic E-state index is -0.269. The van der Waals surface area contributed by atoms with Gasteiger partial charge in [-0.2, -0.15) is 0 Å². The first-order valence-electron chi connectivity index (χ1n) is 8.43. The molecule has 6 heteroatoms. The van der Waals surface area contributed by atoms with Gasteiger partial charge in [-0.05, 0) is 43.7 Å². The predicted molar refractivity (Wildman–Crippen MR) is 97.0 cm³/mol. The number of para-hydroxylation sites is 1. The lowest BCUT2D eigenvalue weighted by Crippen LogP contribution is -2.38. The lowest BCUT2D eigenvalue weighted by Gasteiger charge is -2.28. The van der Waals surface area contributed by atoms with Gasteiger partial charge in [-0.15, -0.1) is 0 Å². The maximum Gasteiger partial charge on any atom is 0.255 e. The highest BCUT2D eigenvalue weighted by Crippen LogP contribution is 2.27. The van der Waals surface area contributed by atoms with E-state index in [1.165, 1.54) is 0 Å². The Balaban J connectivity index is 1.46. The van der Waals surface area contributed by atoms with Crippen molar-refractivity contribution in [3.63, 3.8) is 0 Å². The van der Waals surface area contributed by atoms with Gasteiger partial charge in [0, 0.05) is 5.69 Å². The molecule has 0 aliphatic carbocycles. The van der Waals surface area contributed by atoms with Gasteiger partial charge in [0.1, 0.15) is 24.3 Å². The number of anilines is 1. The number of aromatic nitrogens is 1. The summed E-state index contributed by atoms with van der Waals surface area (Å²) in [6.07, 6.45) is -0.269. The number of benzene rings is 2. The van der Waals surface area contributed by atoms with Crippen LogP contribution in [-0.2, 0) is 6.61 Å². The van der Waals surface area contributed by atoms with Crippen LogP contribution in [0.2, 0.25) is 0 Å². The van der Waals surface area contributed by atoms with E-state index in [1.54, 1.807) is 6.07 Å². The quantitative estimate of drug-likeness (QED) is 0.751. The van der Waals surface area contributed by atoms with Crippen LogP contribution in [0.1, 0.15) is 39.1 Å². The molecule has 1 aliphatic heterocycles. The number of aryl methyl sites for hydroxylation is 2. The topological polar surface area (TPSA) is 76.4 Å². The molecular weight excluding hydrogens is 330 g/mol. The van der Waals surface area contributed by atoms with Crippen molar-refractivity contribution in [2.24, 2.45) is 0 Å². The lowest BCUT2D eigenvalue weighted by molar-refractivity contribution is 0.0935. The van der Waals surface area contributed by atoms with Gasteiger partial charge in [-0.1, -0.05) is 29.4 Å².